The molecular weight excluding hydrogens is 535 g/mol. The molecule has 0 bridgehead atoms. The van der Waals surface area contributed by atoms with E-state index in [9.17, 15) is 18.3 Å². The molecule has 8 nitrogen and oxygen atoms in total. The summed E-state index contributed by atoms with van der Waals surface area (Å²) in [6.07, 6.45) is 0. The van der Waals surface area contributed by atoms with Gasteiger partial charge in [-0.25, -0.2) is 8.55 Å². The van der Waals surface area contributed by atoms with Gasteiger partial charge in [0.1, 0.15) is 5.69 Å². The van der Waals surface area contributed by atoms with Crippen molar-refractivity contribution in [3.63, 3.8) is 0 Å². The van der Waals surface area contributed by atoms with Crippen LogP contribution in [0.2, 0.25) is 0 Å². The molecule has 172 valence electrons. The average Bonchev–Trinajstić information content (AvgIpc) is 2.89. The van der Waals surface area contributed by atoms with Crippen LogP contribution < -0.4 is 13.7 Å². The van der Waals surface area contributed by atoms with Crippen LogP contribution in [0.3, 0.4) is 0 Å². The van der Waals surface area contributed by atoms with Crippen molar-refractivity contribution in [3.8, 4) is 0 Å². The van der Waals surface area contributed by atoms with Gasteiger partial charge in [-0.3, -0.25) is 20.1 Å². The number of nitrogens with zero attached hydrogens (tertiary/aromatic N) is 3. The van der Waals surface area contributed by atoms with Crippen molar-refractivity contribution in [3.05, 3.63) is 95.6 Å². The summed E-state index contributed by atoms with van der Waals surface area (Å²) in [5, 5.41) is 19.4. The largest absolute Gasteiger partial charge is 0.367 e. The van der Waals surface area contributed by atoms with Gasteiger partial charge < -0.3 is 4.90 Å². The molecule has 1 amide bonds. The van der Waals surface area contributed by atoms with Gasteiger partial charge in [-0.1, -0.05) is 66.7 Å². The summed E-state index contributed by atoms with van der Waals surface area (Å²) in [7, 11) is 0. The van der Waals surface area contributed by atoms with Gasteiger partial charge in [0.05, 0.1) is 17.3 Å². The lowest BCUT2D eigenvalue weighted by molar-refractivity contribution is 0.0706. The van der Waals surface area contributed by atoms with Crippen LogP contribution >= 0.6 is 21.5 Å². The summed E-state index contributed by atoms with van der Waals surface area (Å²) in [6.45, 7) is 2.59. The number of amides is 1. The van der Waals surface area contributed by atoms with Crippen LogP contribution in [-0.2, 0) is 3.07 Å². The van der Waals surface area contributed by atoms with E-state index >= 15 is 0 Å². The van der Waals surface area contributed by atoms with Gasteiger partial charge in [-0.2, -0.15) is 3.28 Å². The molecule has 1 aliphatic rings. The van der Waals surface area contributed by atoms with Gasteiger partial charge in [0.25, 0.3) is 27.4 Å². The monoisotopic (exact) mass is 560 g/mol. The van der Waals surface area contributed by atoms with Gasteiger partial charge in [0.15, 0.2) is 0 Å². The molecule has 1 heterocycles. The third-order valence-corrected chi connectivity index (χ3v) is 6.74. The number of benzene rings is 3. The van der Waals surface area contributed by atoms with Crippen molar-refractivity contribution < 1.29 is 18.3 Å². The SMILES string of the molecule is O=IN(O)c1cccc(C(=O)NO)c1N1CCN(C(c2ccccc2)c2ccccc2)CC1. The molecule has 3 aromatic carbocycles. The Labute approximate surface area is 203 Å². The number of halogens is 1. The number of nitrogens with one attached hydrogen (secondary N) is 1. The molecule has 3 aromatic rings. The fraction of sp³-hybridized carbons (Fsp3) is 0.208. The number of carbonyl (C=O) groups excluding carboxylic acids is 1. The van der Waals surface area contributed by atoms with E-state index in [0.29, 0.717) is 35.1 Å². The Morgan fingerprint density at radius 1 is 0.879 bits per heavy atom. The molecular formula is C24H25IN4O4. The molecule has 0 spiro atoms. The number of hydrogen-bond donors (Lipinski definition) is 3. The lowest BCUT2D eigenvalue weighted by Gasteiger charge is -2.41. The first-order valence-electron chi connectivity index (χ1n) is 10.6. The third-order valence-electron chi connectivity index (χ3n) is 5.85. The first kappa shape index (κ1) is 23.3. The molecule has 0 aliphatic carbocycles. The Morgan fingerprint density at radius 3 is 1.97 bits per heavy atom. The second-order valence-corrected chi connectivity index (χ2v) is 9.00. The molecule has 9 heteroatoms. The van der Waals surface area contributed by atoms with E-state index in [2.05, 4.69) is 29.2 Å². The molecule has 0 radical (unpaired) electrons. The summed E-state index contributed by atoms with van der Waals surface area (Å²) in [5.74, 6) is -0.682. The average molecular weight is 560 g/mol. The minimum atomic E-state index is -1.88. The first-order chi connectivity index (χ1) is 16.1. The number of para-hydroxylation sites is 1. The van der Waals surface area contributed by atoms with Gasteiger partial charge in [-0.15, -0.1) is 0 Å². The van der Waals surface area contributed by atoms with E-state index in [1.807, 2.05) is 41.3 Å². The minimum absolute atomic E-state index is 0.0897. The van der Waals surface area contributed by atoms with E-state index in [-0.39, 0.29) is 17.3 Å². The molecule has 1 saturated heterocycles. The van der Waals surface area contributed by atoms with E-state index < -0.39 is 27.4 Å². The quantitative estimate of drug-likeness (QED) is 0.173. The normalized spacial score (nSPS) is 14.3. The minimum Gasteiger partial charge on any atom is -0.367 e. The predicted molar refractivity (Wildman–Crippen MR) is 133 cm³/mol. The highest BCUT2D eigenvalue weighted by Gasteiger charge is 2.30. The summed E-state index contributed by atoms with van der Waals surface area (Å²) in [6, 6.07) is 25.6. The van der Waals surface area contributed by atoms with Crippen LogP contribution in [-0.4, -0.2) is 47.4 Å². The lowest BCUT2D eigenvalue weighted by Crippen LogP contribution is -2.48. The van der Waals surface area contributed by atoms with Gasteiger partial charge in [0, 0.05) is 26.2 Å². The van der Waals surface area contributed by atoms with E-state index in [1.165, 1.54) is 11.1 Å². The Balaban J connectivity index is 1.63. The van der Waals surface area contributed by atoms with Gasteiger partial charge >= 0.3 is 0 Å². The third kappa shape index (κ3) is 5.06. The zero-order chi connectivity index (χ0) is 23.2. The van der Waals surface area contributed by atoms with Crippen LogP contribution in [0.25, 0.3) is 0 Å². The second-order valence-electron chi connectivity index (χ2n) is 7.69. The van der Waals surface area contributed by atoms with Gasteiger partial charge in [0.2, 0.25) is 0 Å². The topological polar surface area (TPSA) is 96.3 Å². The summed E-state index contributed by atoms with van der Waals surface area (Å²) in [5.41, 5.74) is 5.03. The Bertz CT molecular complexity index is 1050. The van der Waals surface area contributed by atoms with Crippen LogP contribution in [0.1, 0.15) is 27.5 Å². The smallest absolute Gasteiger partial charge is 0.300 e. The van der Waals surface area contributed by atoms with Crippen LogP contribution in [0, 0.1) is 0 Å². The number of carbonyl (C=O) groups is 1. The van der Waals surface area contributed by atoms with Crippen molar-refractivity contribution in [1.29, 1.82) is 0 Å². The molecule has 1 aliphatic heterocycles. The van der Waals surface area contributed by atoms with E-state index in [0.717, 1.165) is 0 Å². The Morgan fingerprint density at radius 2 is 1.45 bits per heavy atom. The van der Waals surface area contributed by atoms with Crippen molar-refractivity contribution in [1.82, 2.24) is 10.4 Å². The standard InChI is InChI=1S/C24H25IN4O4/c30-24(26-32)20-12-7-13-21(29(33)25-31)23(20)28-16-14-27(15-17-28)22(18-8-3-1-4-9-18)19-10-5-2-6-11-19/h1-13,22,32-33H,14-17H2,(H,26,30). The maximum absolute atomic E-state index is 12.3. The number of hydrogen-bond acceptors (Lipinski definition) is 6. The van der Waals surface area contributed by atoms with Crippen LogP contribution in [0.4, 0.5) is 11.4 Å². The summed E-state index contributed by atoms with van der Waals surface area (Å²) < 4.78 is 12.2. The highest BCUT2D eigenvalue weighted by molar-refractivity contribution is 14.1. The number of anilines is 2. The zero-order valence-electron chi connectivity index (χ0n) is 17.8. The summed E-state index contributed by atoms with van der Waals surface area (Å²) in [4.78, 5) is 16.7. The molecule has 3 N–H and O–H groups in total. The zero-order valence-corrected chi connectivity index (χ0v) is 20.0. The Kier molecular flexibility index (Phi) is 7.65. The highest BCUT2D eigenvalue weighted by Crippen LogP contribution is 2.37. The van der Waals surface area contributed by atoms with Gasteiger partial charge in [-0.05, 0) is 23.3 Å². The van der Waals surface area contributed by atoms with E-state index in [1.54, 1.807) is 23.7 Å². The number of piperazine rings is 1. The second kappa shape index (κ2) is 10.8. The molecule has 33 heavy (non-hydrogen) atoms. The van der Waals surface area contributed by atoms with Crippen LogP contribution in [0.15, 0.2) is 78.9 Å². The maximum atomic E-state index is 12.3. The van der Waals surface area contributed by atoms with Crippen molar-refractivity contribution >= 4 is 38.7 Å². The number of hydroxylamine groups is 1. The van der Waals surface area contributed by atoms with E-state index in [4.69, 9.17) is 0 Å². The number of rotatable bonds is 7. The first-order valence-corrected chi connectivity index (χ1v) is 12.4. The molecule has 1 fully saturated rings. The maximum Gasteiger partial charge on any atom is 0.300 e. The summed E-state index contributed by atoms with van der Waals surface area (Å²) >= 11 is -1.88. The van der Waals surface area contributed by atoms with Crippen molar-refractivity contribution in [2.75, 3.05) is 34.4 Å². The molecule has 0 atom stereocenters. The predicted octanol–water partition coefficient (Wildman–Crippen LogP) is 4.14. The van der Waals surface area contributed by atoms with Crippen molar-refractivity contribution in [2.24, 2.45) is 0 Å². The molecule has 0 aromatic heterocycles. The Hall–Kier alpha value is -2.86. The van der Waals surface area contributed by atoms with Crippen molar-refractivity contribution in [2.45, 2.75) is 6.04 Å². The molecule has 4 rings (SSSR count). The molecule has 0 saturated carbocycles. The highest BCUT2D eigenvalue weighted by atomic mass is 127. The van der Waals surface area contributed by atoms with Crippen LogP contribution in [0.5, 0.6) is 0 Å². The lowest BCUT2D eigenvalue weighted by atomic mass is 9.96. The molecule has 0 unspecified atom stereocenters. The fourth-order valence-corrected chi connectivity index (χ4v) is 4.98. The fourth-order valence-electron chi connectivity index (χ4n) is 4.38.